The molecule has 1 aromatic carbocycles. The summed E-state index contributed by atoms with van der Waals surface area (Å²) in [5.74, 6) is 0.0533. The topological polar surface area (TPSA) is 43.4 Å². The van der Waals surface area contributed by atoms with Crippen LogP contribution in [0.5, 0.6) is 0 Å². The van der Waals surface area contributed by atoms with E-state index in [-0.39, 0.29) is 5.78 Å². The summed E-state index contributed by atoms with van der Waals surface area (Å²) < 4.78 is 13.7. The highest BCUT2D eigenvalue weighted by Gasteiger charge is 2.37. The molecule has 1 unspecified atom stereocenters. The number of hydrogen-bond donors (Lipinski definition) is 0. The first kappa shape index (κ1) is 11.5. The first-order chi connectivity index (χ1) is 7.59. The smallest absolute Gasteiger partial charge is 0.159 e. The molecular weight excluding hydrogens is 222 g/mol. The van der Waals surface area contributed by atoms with Crippen LogP contribution in [0.25, 0.3) is 0 Å². The highest BCUT2D eigenvalue weighted by Crippen LogP contribution is 2.32. The lowest BCUT2D eigenvalue weighted by molar-refractivity contribution is 0.101. The number of ketones is 1. The minimum atomic E-state index is -0.925. The molecule has 1 aromatic rings. The number of benzene rings is 1. The van der Waals surface area contributed by atoms with Gasteiger partial charge in [-0.3, -0.25) is 4.79 Å². The van der Waals surface area contributed by atoms with Gasteiger partial charge in [0, 0.05) is 18.4 Å². The van der Waals surface area contributed by atoms with Gasteiger partial charge in [-0.25, -0.2) is 0 Å². The highest BCUT2D eigenvalue weighted by molar-refractivity contribution is 7.93. The predicted octanol–water partition coefficient (Wildman–Crippen LogP) is 2.15. The van der Waals surface area contributed by atoms with Crippen LogP contribution in [0.1, 0.15) is 30.1 Å². The Balaban J connectivity index is 2.11. The minimum absolute atomic E-state index is 0.0533. The zero-order valence-electron chi connectivity index (χ0n) is 9.47. The summed E-state index contributed by atoms with van der Waals surface area (Å²) in [4.78, 5) is 11.1. The summed E-state index contributed by atoms with van der Waals surface area (Å²) in [5.41, 5.74) is 1.59. The number of anilines is 1. The molecule has 0 heterocycles. The first-order valence-electron chi connectivity index (χ1n) is 5.35. The van der Waals surface area contributed by atoms with Crippen LogP contribution in [0.2, 0.25) is 0 Å². The summed E-state index contributed by atoms with van der Waals surface area (Å²) in [6.07, 6.45) is 2.12. The number of rotatable bonds is 4. The van der Waals surface area contributed by atoms with Crippen molar-refractivity contribution in [2.75, 3.05) is 11.4 Å². The van der Waals surface area contributed by atoms with Crippen molar-refractivity contribution in [3.8, 4) is 0 Å². The quantitative estimate of drug-likeness (QED) is 0.595. The average Bonchev–Trinajstić information content (AvgIpc) is 3.11. The Bertz CT molecular complexity index is 387. The zero-order valence-corrected chi connectivity index (χ0v) is 10.3. The molecule has 1 aliphatic carbocycles. The van der Waals surface area contributed by atoms with E-state index in [4.69, 9.17) is 0 Å². The van der Waals surface area contributed by atoms with Gasteiger partial charge in [-0.05, 0) is 31.2 Å². The van der Waals surface area contributed by atoms with E-state index < -0.39 is 11.4 Å². The molecule has 2 rings (SSSR count). The van der Waals surface area contributed by atoms with Crippen LogP contribution in [0, 0.1) is 0 Å². The molecule has 0 spiro atoms. The van der Waals surface area contributed by atoms with E-state index in [2.05, 4.69) is 0 Å². The third kappa shape index (κ3) is 2.39. The van der Waals surface area contributed by atoms with E-state index in [0.717, 1.165) is 18.5 Å². The maximum absolute atomic E-state index is 11.9. The van der Waals surface area contributed by atoms with Crippen molar-refractivity contribution in [3.05, 3.63) is 29.8 Å². The van der Waals surface area contributed by atoms with Gasteiger partial charge in [0.05, 0.1) is 24.1 Å². The lowest BCUT2D eigenvalue weighted by Gasteiger charge is -2.21. The molecule has 0 radical (unpaired) electrons. The molecule has 1 fully saturated rings. The van der Waals surface area contributed by atoms with E-state index in [1.165, 1.54) is 0 Å². The maximum Gasteiger partial charge on any atom is 0.159 e. The second-order valence-electron chi connectivity index (χ2n) is 4.08. The monoisotopic (exact) mass is 237 g/mol. The number of nitrogens with zero attached hydrogens (tertiary/aromatic N) is 1. The molecule has 86 valence electrons. The van der Waals surface area contributed by atoms with Gasteiger partial charge >= 0.3 is 0 Å². The Morgan fingerprint density at radius 3 is 2.38 bits per heavy atom. The van der Waals surface area contributed by atoms with Crippen LogP contribution in [-0.4, -0.2) is 22.6 Å². The van der Waals surface area contributed by atoms with Crippen molar-refractivity contribution in [1.29, 1.82) is 0 Å². The van der Waals surface area contributed by atoms with Gasteiger partial charge < -0.3 is 4.55 Å². The van der Waals surface area contributed by atoms with E-state index >= 15 is 0 Å². The standard InChI is InChI=1S/C12H15NO2S/c1-9(14)10-3-5-11(6-4-10)13(2)16(15)12-7-8-12/h3-6,12H,7-8H2,1-2H3. The fraction of sp³-hybridized carbons (Fsp3) is 0.417. The van der Waals surface area contributed by atoms with Gasteiger partial charge in [-0.2, -0.15) is 4.31 Å². The SMILES string of the molecule is CC(=O)c1ccc(N(C)[S+]([O-])C2CC2)cc1. The third-order valence-corrected chi connectivity index (χ3v) is 4.51. The number of carbonyl (C=O) groups is 1. The first-order valence-corrected chi connectivity index (χ1v) is 6.52. The molecule has 0 saturated heterocycles. The van der Waals surface area contributed by atoms with Gasteiger partial charge in [0.15, 0.2) is 5.78 Å². The summed E-state index contributed by atoms with van der Waals surface area (Å²) >= 11 is -0.925. The summed E-state index contributed by atoms with van der Waals surface area (Å²) in [5, 5.41) is 0.331. The van der Waals surface area contributed by atoms with E-state index in [1.807, 2.05) is 19.2 Å². The van der Waals surface area contributed by atoms with E-state index in [9.17, 15) is 9.35 Å². The summed E-state index contributed by atoms with van der Waals surface area (Å²) in [6, 6.07) is 7.24. The summed E-state index contributed by atoms with van der Waals surface area (Å²) in [6.45, 7) is 1.54. The molecule has 0 amide bonds. The Labute approximate surface area is 98.8 Å². The van der Waals surface area contributed by atoms with Crippen LogP contribution in [0.3, 0.4) is 0 Å². The fourth-order valence-electron chi connectivity index (χ4n) is 1.50. The second-order valence-corrected chi connectivity index (χ2v) is 5.84. The van der Waals surface area contributed by atoms with Crippen molar-refractivity contribution in [2.24, 2.45) is 0 Å². The minimum Gasteiger partial charge on any atom is -0.593 e. The van der Waals surface area contributed by atoms with Crippen LogP contribution in [0.15, 0.2) is 24.3 Å². The Morgan fingerprint density at radius 2 is 1.94 bits per heavy atom. The van der Waals surface area contributed by atoms with Crippen LogP contribution >= 0.6 is 0 Å². The van der Waals surface area contributed by atoms with Crippen LogP contribution < -0.4 is 4.31 Å². The zero-order chi connectivity index (χ0) is 11.7. The number of Topliss-reactive ketones (excluding diaryl/α,β-unsaturated/α-hetero) is 1. The van der Waals surface area contributed by atoms with Crippen molar-refractivity contribution >= 4 is 22.8 Å². The molecule has 0 aliphatic heterocycles. The Kier molecular flexibility index (Phi) is 3.21. The van der Waals surface area contributed by atoms with E-state index in [1.54, 1.807) is 23.4 Å². The lowest BCUT2D eigenvalue weighted by atomic mass is 10.1. The second kappa shape index (κ2) is 4.47. The highest BCUT2D eigenvalue weighted by atomic mass is 32.2. The number of carbonyl (C=O) groups excluding carboxylic acids is 1. The van der Waals surface area contributed by atoms with Gasteiger partial charge in [0.1, 0.15) is 5.25 Å². The number of hydrogen-bond acceptors (Lipinski definition) is 3. The van der Waals surface area contributed by atoms with Crippen molar-refractivity contribution in [3.63, 3.8) is 0 Å². The van der Waals surface area contributed by atoms with Gasteiger partial charge in [0.2, 0.25) is 0 Å². The normalized spacial score (nSPS) is 16.9. The van der Waals surface area contributed by atoms with Gasteiger partial charge in [-0.15, -0.1) is 0 Å². The molecule has 0 aromatic heterocycles. The predicted molar refractivity (Wildman–Crippen MR) is 66.0 cm³/mol. The summed E-state index contributed by atoms with van der Waals surface area (Å²) in [7, 11) is 1.83. The van der Waals surface area contributed by atoms with Gasteiger partial charge in [-0.1, -0.05) is 0 Å². The fourth-order valence-corrected chi connectivity index (χ4v) is 2.82. The van der Waals surface area contributed by atoms with Gasteiger partial charge in [0.25, 0.3) is 0 Å². The van der Waals surface area contributed by atoms with Crippen molar-refractivity contribution in [2.45, 2.75) is 25.0 Å². The van der Waals surface area contributed by atoms with Crippen LogP contribution in [-0.2, 0) is 11.4 Å². The molecule has 0 bridgehead atoms. The van der Waals surface area contributed by atoms with E-state index in [0.29, 0.717) is 10.8 Å². The van der Waals surface area contributed by atoms with Crippen molar-refractivity contribution in [1.82, 2.24) is 0 Å². The molecule has 1 atom stereocenters. The molecule has 1 saturated carbocycles. The molecule has 16 heavy (non-hydrogen) atoms. The molecule has 0 N–H and O–H groups in total. The van der Waals surface area contributed by atoms with Crippen LogP contribution in [0.4, 0.5) is 5.69 Å². The maximum atomic E-state index is 11.9. The molecule has 1 aliphatic rings. The molecule has 3 nitrogen and oxygen atoms in total. The third-order valence-electron chi connectivity index (χ3n) is 2.72. The Morgan fingerprint density at radius 1 is 1.38 bits per heavy atom. The largest absolute Gasteiger partial charge is 0.593 e. The Hall–Kier alpha value is -1.00. The molecular formula is C12H15NO2S. The lowest BCUT2D eigenvalue weighted by Crippen LogP contribution is -2.29. The average molecular weight is 237 g/mol. The molecule has 4 heteroatoms. The van der Waals surface area contributed by atoms with Crippen molar-refractivity contribution < 1.29 is 9.35 Å².